The molecule has 1 saturated carbocycles. The number of rotatable bonds is 6. The Kier molecular flexibility index (Phi) is 6.23. The molecule has 2 N–H and O–H groups in total. The van der Waals surface area contributed by atoms with Crippen molar-refractivity contribution in [2.75, 3.05) is 27.2 Å². The maximum Gasteiger partial charge on any atom is 0.258 e. The van der Waals surface area contributed by atoms with Crippen molar-refractivity contribution in [1.82, 2.24) is 19.7 Å². The summed E-state index contributed by atoms with van der Waals surface area (Å²) in [6.07, 6.45) is 2.90. The molecule has 0 radical (unpaired) electrons. The van der Waals surface area contributed by atoms with E-state index in [0.717, 1.165) is 19.3 Å². The molecule has 0 bridgehead atoms. The summed E-state index contributed by atoms with van der Waals surface area (Å²) in [7, 11) is 3.58. The van der Waals surface area contributed by atoms with Gasteiger partial charge in [0.1, 0.15) is 11.9 Å². The van der Waals surface area contributed by atoms with Crippen molar-refractivity contribution in [2.45, 2.75) is 43.9 Å². The largest absolute Gasteiger partial charge is 0.396 e. The van der Waals surface area contributed by atoms with Gasteiger partial charge in [-0.25, -0.2) is 4.39 Å². The number of nitrogens with zero attached hydrogens (tertiary/aromatic N) is 3. The van der Waals surface area contributed by atoms with E-state index >= 15 is 0 Å². The molecule has 3 heterocycles. The summed E-state index contributed by atoms with van der Waals surface area (Å²) < 4.78 is 15.4. The molecule has 2 amide bonds. The van der Waals surface area contributed by atoms with E-state index in [0.29, 0.717) is 16.8 Å². The number of aliphatic hydroxyl groups excluding tert-OH is 1. The second-order valence-corrected chi connectivity index (χ2v) is 10.2. The number of halogens is 1. The summed E-state index contributed by atoms with van der Waals surface area (Å²) in [5.74, 6) is -1.66. The maximum atomic E-state index is 13.8. The van der Waals surface area contributed by atoms with Crippen molar-refractivity contribution in [2.24, 2.45) is 11.8 Å². The van der Waals surface area contributed by atoms with Crippen LogP contribution in [0.15, 0.2) is 41.2 Å². The third-order valence-corrected chi connectivity index (χ3v) is 7.67. The number of likely N-dealkylation sites (N-methyl/N-ethyl adjacent to an activating group) is 1. The van der Waals surface area contributed by atoms with E-state index in [4.69, 9.17) is 0 Å². The fourth-order valence-electron chi connectivity index (χ4n) is 5.83. The first-order valence-electron chi connectivity index (χ1n) is 12.2. The SMILES string of the molecule is CN(C)CC(=O)N1[C@@H]2c3ccc(-c4cccc(F)c4)c(=O)n3C[C@@H]2[C@@H](CO)[C@@H]1C(=O)NC1CCC1. The molecule has 9 heteroatoms. The zero-order chi connectivity index (χ0) is 24.9. The van der Waals surface area contributed by atoms with Crippen molar-refractivity contribution in [3.8, 4) is 11.1 Å². The number of aromatic nitrogens is 1. The van der Waals surface area contributed by atoms with Crippen molar-refractivity contribution >= 4 is 11.8 Å². The van der Waals surface area contributed by atoms with Gasteiger partial charge in [0.15, 0.2) is 0 Å². The van der Waals surface area contributed by atoms with Crippen LogP contribution in [0.5, 0.6) is 0 Å². The number of benzene rings is 1. The number of fused-ring (bicyclic) bond motifs is 3. The molecule has 1 aromatic carbocycles. The van der Waals surface area contributed by atoms with Gasteiger partial charge >= 0.3 is 0 Å². The molecule has 0 unspecified atom stereocenters. The van der Waals surface area contributed by atoms with E-state index < -0.39 is 23.8 Å². The van der Waals surface area contributed by atoms with Gasteiger partial charge in [-0.3, -0.25) is 14.4 Å². The number of nitrogens with one attached hydrogen (secondary N) is 1. The van der Waals surface area contributed by atoms with E-state index in [1.807, 2.05) is 0 Å². The van der Waals surface area contributed by atoms with Crippen LogP contribution in [0.2, 0.25) is 0 Å². The van der Waals surface area contributed by atoms with Crippen molar-refractivity contribution in [3.05, 3.63) is 58.3 Å². The highest BCUT2D eigenvalue weighted by Crippen LogP contribution is 2.49. The Morgan fingerprint density at radius 1 is 1.20 bits per heavy atom. The lowest BCUT2D eigenvalue weighted by Crippen LogP contribution is -2.54. The van der Waals surface area contributed by atoms with Gasteiger partial charge in [-0.2, -0.15) is 0 Å². The Bertz CT molecular complexity index is 1210. The highest BCUT2D eigenvalue weighted by atomic mass is 19.1. The van der Waals surface area contributed by atoms with Gasteiger partial charge in [-0.15, -0.1) is 0 Å². The van der Waals surface area contributed by atoms with Crippen LogP contribution in [0, 0.1) is 17.7 Å². The predicted molar refractivity (Wildman–Crippen MR) is 128 cm³/mol. The zero-order valence-corrected chi connectivity index (χ0v) is 20.0. The third-order valence-electron chi connectivity index (χ3n) is 7.67. The Hall–Kier alpha value is -3.04. The molecule has 2 aromatic rings. The van der Waals surface area contributed by atoms with Gasteiger partial charge in [0.25, 0.3) is 5.56 Å². The zero-order valence-electron chi connectivity index (χ0n) is 20.0. The van der Waals surface area contributed by atoms with Crippen LogP contribution < -0.4 is 10.9 Å². The van der Waals surface area contributed by atoms with Gasteiger partial charge in [0.2, 0.25) is 11.8 Å². The Morgan fingerprint density at radius 3 is 2.60 bits per heavy atom. The van der Waals surface area contributed by atoms with E-state index in [1.165, 1.54) is 12.1 Å². The van der Waals surface area contributed by atoms with Crippen LogP contribution in [0.25, 0.3) is 11.1 Å². The quantitative estimate of drug-likeness (QED) is 0.649. The Morgan fingerprint density at radius 2 is 1.97 bits per heavy atom. The summed E-state index contributed by atoms with van der Waals surface area (Å²) in [5.41, 5.74) is 1.23. The second kappa shape index (κ2) is 9.20. The standard InChI is InChI=1S/C26H31FN4O4/c1-29(2)13-22(33)31-23-19(20(14-32)24(31)25(34)28-17-7-4-8-17)12-30-21(23)10-9-18(26(30)35)15-5-3-6-16(27)11-15/h3,5-6,9-11,17,19-20,23-24,32H,4,7-8,12-14H2,1-2H3,(H,28,34)/t19-,20-,23+,24-/m1/s1. The Balaban J connectivity index is 1.56. The van der Waals surface area contributed by atoms with Gasteiger partial charge in [0.05, 0.1) is 12.6 Å². The van der Waals surface area contributed by atoms with E-state index in [9.17, 15) is 23.9 Å². The molecule has 1 aliphatic carbocycles. The number of likely N-dealkylation sites (tertiary alicyclic amines) is 1. The van der Waals surface area contributed by atoms with E-state index in [2.05, 4.69) is 5.32 Å². The van der Waals surface area contributed by atoms with Crippen LogP contribution in [0.4, 0.5) is 4.39 Å². The molecule has 35 heavy (non-hydrogen) atoms. The topological polar surface area (TPSA) is 94.9 Å². The van der Waals surface area contributed by atoms with Crippen LogP contribution in [0.3, 0.4) is 0 Å². The minimum absolute atomic E-state index is 0.108. The number of carbonyl (C=O) groups excluding carboxylic acids is 2. The van der Waals surface area contributed by atoms with Gasteiger partial charge in [-0.05, 0) is 63.2 Å². The van der Waals surface area contributed by atoms with Gasteiger partial charge in [-0.1, -0.05) is 12.1 Å². The van der Waals surface area contributed by atoms with E-state index in [1.54, 1.807) is 52.7 Å². The normalized spacial score (nSPS) is 25.3. The van der Waals surface area contributed by atoms with Crippen molar-refractivity contribution in [1.29, 1.82) is 0 Å². The average Bonchev–Trinajstić information content (AvgIpc) is 3.31. The molecular weight excluding hydrogens is 451 g/mol. The van der Waals surface area contributed by atoms with E-state index in [-0.39, 0.29) is 49.0 Å². The Labute approximate surface area is 203 Å². The van der Waals surface area contributed by atoms with Crippen LogP contribution in [-0.4, -0.2) is 70.6 Å². The van der Waals surface area contributed by atoms with Gasteiger partial charge < -0.3 is 24.8 Å². The highest BCUT2D eigenvalue weighted by molar-refractivity contribution is 5.90. The lowest BCUT2D eigenvalue weighted by Gasteiger charge is -2.34. The fraction of sp³-hybridized carbons (Fsp3) is 0.500. The monoisotopic (exact) mass is 482 g/mol. The predicted octanol–water partition coefficient (Wildman–Crippen LogP) is 1.37. The smallest absolute Gasteiger partial charge is 0.258 e. The second-order valence-electron chi connectivity index (χ2n) is 10.2. The number of hydrogen-bond acceptors (Lipinski definition) is 5. The third kappa shape index (κ3) is 4.06. The molecule has 2 fully saturated rings. The fourth-order valence-corrected chi connectivity index (χ4v) is 5.83. The molecule has 0 spiro atoms. The summed E-state index contributed by atoms with van der Waals surface area (Å²) >= 11 is 0. The first kappa shape index (κ1) is 23.7. The first-order valence-corrected chi connectivity index (χ1v) is 12.2. The summed E-state index contributed by atoms with van der Waals surface area (Å²) in [4.78, 5) is 43.6. The minimum Gasteiger partial charge on any atom is -0.396 e. The number of carbonyl (C=O) groups is 2. The molecule has 3 aliphatic rings. The molecule has 8 nitrogen and oxygen atoms in total. The molecule has 1 saturated heterocycles. The van der Waals surface area contributed by atoms with Crippen LogP contribution >= 0.6 is 0 Å². The van der Waals surface area contributed by atoms with Crippen LogP contribution in [0.1, 0.15) is 31.0 Å². The molecule has 186 valence electrons. The minimum atomic E-state index is -0.796. The maximum absolute atomic E-state index is 13.8. The van der Waals surface area contributed by atoms with Crippen molar-refractivity contribution < 1.29 is 19.1 Å². The molecule has 5 rings (SSSR count). The summed E-state index contributed by atoms with van der Waals surface area (Å²) in [6, 6.07) is 8.17. The molecule has 4 atom stereocenters. The highest BCUT2D eigenvalue weighted by Gasteiger charge is 2.57. The summed E-state index contributed by atoms with van der Waals surface area (Å²) in [5, 5.41) is 13.4. The lowest BCUT2D eigenvalue weighted by atomic mass is 9.87. The molecule has 1 aromatic heterocycles. The number of aliphatic hydroxyl groups is 1. The lowest BCUT2D eigenvalue weighted by molar-refractivity contribution is -0.142. The van der Waals surface area contributed by atoms with Gasteiger partial charge in [0, 0.05) is 42.3 Å². The molecule has 2 aliphatic heterocycles. The molecular formula is C26H31FN4O4. The van der Waals surface area contributed by atoms with Crippen LogP contribution in [-0.2, 0) is 16.1 Å². The average molecular weight is 483 g/mol. The number of hydrogen-bond donors (Lipinski definition) is 2. The first-order chi connectivity index (χ1) is 16.8. The number of pyridine rings is 1. The summed E-state index contributed by atoms with van der Waals surface area (Å²) in [6.45, 7) is 0.126. The number of amides is 2. The van der Waals surface area contributed by atoms with Crippen molar-refractivity contribution in [3.63, 3.8) is 0 Å².